The Morgan fingerprint density at radius 3 is 2.57 bits per heavy atom. The van der Waals surface area contributed by atoms with Crippen LogP contribution < -0.4 is 5.32 Å². The summed E-state index contributed by atoms with van der Waals surface area (Å²) in [5.74, 6) is 0.285. The summed E-state index contributed by atoms with van der Waals surface area (Å²) in [6, 6.07) is 0. The van der Waals surface area contributed by atoms with E-state index < -0.39 is 0 Å². The zero-order valence-electron chi connectivity index (χ0n) is 9.38. The van der Waals surface area contributed by atoms with Crippen LogP contribution in [0.1, 0.15) is 33.1 Å². The summed E-state index contributed by atoms with van der Waals surface area (Å²) in [5.41, 5.74) is 0. The third-order valence-corrected chi connectivity index (χ3v) is 2.67. The Morgan fingerprint density at radius 2 is 2.00 bits per heavy atom. The Bertz CT molecular complexity index is 174. The van der Waals surface area contributed by atoms with Crippen LogP contribution >= 0.6 is 0 Å². The molecule has 0 aliphatic carbocycles. The zero-order chi connectivity index (χ0) is 10.4. The summed E-state index contributed by atoms with van der Waals surface area (Å²) in [6.45, 7) is 8.31. The molecule has 0 spiro atoms. The van der Waals surface area contributed by atoms with Gasteiger partial charge in [0.15, 0.2) is 0 Å². The molecule has 0 aromatic heterocycles. The Hall–Kier alpha value is -0.570. The van der Waals surface area contributed by atoms with Gasteiger partial charge in [-0.3, -0.25) is 4.79 Å². The second kappa shape index (κ2) is 6.02. The van der Waals surface area contributed by atoms with Gasteiger partial charge >= 0.3 is 0 Å². The molecule has 1 heterocycles. The second-order valence-corrected chi connectivity index (χ2v) is 4.35. The Kier molecular flexibility index (Phi) is 4.94. The summed E-state index contributed by atoms with van der Waals surface area (Å²) < 4.78 is 0. The highest BCUT2D eigenvalue weighted by atomic mass is 16.1. The maximum absolute atomic E-state index is 11.2. The van der Waals surface area contributed by atoms with Crippen LogP contribution in [0, 0.1) is 5.92 Å². The van der Waals surface area contributed by atoms with Crippen molar-refractivity contribution in [3.05, 3.63) is 0 Å². The minimum Gasteiger partial charge on any atom is -0.356 e. The van der Waals surface area contributed by atoms with Crippen LogP contribution in [0.2, 0.25) is 0 Å². The number of likely N-dealkylation sites (tertiary alicyclic amines) is 1. The number of nitrogens with zero attached hydrogens (tertiary/aromatic N) is 1. The fourth-order valence-electron chi connectivity index (χ4n) is 1.72. The minimum absolute atomic E-state index is 0.113. The second-order valence-electron chi connectivity index (χ2n) is 4.35. The summed E-state index contributed by atoms with van der Waals surface area (Å²) in [6.07, 6.45) is 3.77. The maximum Gasteiger partial charge on any atom is 0.222 e. The van der Waals surface area contributed by atoms with Gasteiger partial charge in [0.1, 0.15) is 0 Å². The molecule has 1 saturated heterocycles. The standard InChI is InChI=1S/C11H22N2O/c1-10(2)11(14)12-6-5-9-13-7-3-4-8-13/h10H,3-9H2,1-2H3,(H,12,14). The van der Waals surface area contributed by atoms with Gasteiger partial charge in [0.05, 0.1) is 0 Å². The lowest BCUT2D eigenvalue weighted by Gasteiger charge is -2.14. The van der Waals surface area contributed by atoms with Gasteiger partial charge in [-0.1, -0.05) is 13.8 Å². The smallest absolute Gasteiger partial charge is 0.222 e. The lowest BCUT2D eigenvalue weighted by molar-refractivity contribution is -0.123. The highest BCUT2D eigenvalue weighted by Gasteiger charge is 2.10. The lowest BCUT2D eigenvalue weighted by Crippen LogP contribution is -2.31. The van der Waals surface area contributed by atoms with Crippen LogP contribution in [0.5, 0.6) is 0 Å². The Balaban J connectivity index is 1.96. The van der Waals surface area contributed by atoms with Crippen molar-refractivity contribution in [1.29, 1.82) is 0 Å². The van der Waals surface area contributed by atoms with E-state index in [1.165, 1.54) is 25.9 Å². The van der Waals surface area contributed by atoms with Crippen molar-refractivity contribution in [2.24, 2.45) is 5.92 Å². The number of hydrogen-bond donors (Lipinski definition) is 1. The summed E-state index contributed by atoms with van der Waals surface area (Å²) in [4.78, 5) is 13.7. The Labute approximate surface area is 86.9 Å². The summed E-state index contributed by atoms with van der Waals surface area (Å²) in [7, 11) is 0. The molecule has 1 rings (SSSR count). The molecule has 3 heteroatoms. The van der Waals surface area contributed by atoms with Gasteiger partial charge in [0, 0.05) is 12.5 Å². The van der Waals surface area contributed by atoms with Crippen molar-refractivity contribution in [1.82, 2.24) is 10.2 Å². The quantitative estimate of drug-likeness (QED) is 0.674. The minimum atomic E-state index is 0.113. The number of rotatable bonds is 5. The largest absolute Gasteiger partial charge is 0.356 e. The van der Waals surface area contributed by atoms with Crippen molar-refractivity contribution in [3.63, 3.8) is 0 Å². The van der Waals surface area contributed by atoms with Gasteiger partial charge in [-0.2, -0.15) is 0 Å². The summed E-state index contributed by atoms with van der Waals surface area (Å²) in [5, 5.41) is 2.94. The van der Waals surface area contributed by atoms with E-state index in [-0.39, 0.29) is 11.8 Å². The van der Waals surface area contributed by atoms with E-state index in [4.69, 9.17) is 0 Å². The van der Waals surface area contributed by atoms with Crippen LogP contribution in [0.15, 0.2) is 0 Å². The molecule has 1 aliphatic heterocycles. The van der Waals surface area contributed by atoms with Crippen LogP contribution in [0.3, 0.4) is 0 Å². The number of carbonyl (C=O) groups is 1. The van der Waals surface area contributed by atoms with E-state index in [0.29, 0.717) is 0 Å². The SMILES string of the molecule is CC(C)C(=O)NCCCN1CCCC1. The van der Waals surface area contributed by atoms with Crippen molar-refractivity contribution >= 4 is 5.91 Å². The molecule has 14 heavy (non-hydrogen) atoms. The first-order valence-corrected chi connectivity index (χ1v) is 5.70. The van der Waals surface area contributed by atoms with Crippen LogP contribution in [-0.2, 0) is 4.79 Å². The predicted octanol–water partition coefficient (Wildman–Crippen LogP) is 1.24. The molecule has 0 saturated carbocycles. The fraction of sp³-hybridized carbons (Fsp3) is 0.909. The predicted molar refractivity (Wildman–Crippen MR) is 58.1 cm³/mol. The van der Waals surface area contributed by atoms with Crippen molar-refractivity contribution in [3.8, 4) is 0 Å². The van der Waals surface area contributed by atoms with E-state index >= 15 is 0 Å². The van der Waals surface area contributed by atoms with Crippen LogP contribution in [0.4, 0.5) is 0 Å². The molecule has 1 aliphatic rings. The average Bonchev–Trinajstić information content (AvgIpc) is 2.64. The third-order valence-electron chi connectivity index (χ3n) is 2.67. The number of hydrogen-bond acceptors (Lipinski definition) is 2. The molecule has 1 amide bonds. The van der Waals surface area contributed by atoms with Gasteiger partial charge in [-0.15, -0.1) is 0 Å². The average molecular weight is 198 g/mol. The number of carbonyl (C=O) groups excluding carboxylic acids is 1. The molecular weight excluding hydrogens is 176 g/mol. The third kappa shape index (κ3) is 4.09. The van der Waals surface area contributed by atoms with E-state index in [2.05, 4.69) is 10.2 Å². The van der Waals surface area contributed by atoms with Crippen molar-refractivity contribution in [2.45, 2.75) is 33.1 Å². The molecule has 0 aromatic carbocycles. The lowest BCUT2D eigenvalue weighted by atomic mass is 10.2. The first-order valence-electron chi connectivity index (χ1n) is 5.70. The molecule has 82 valence electrons. The topological polar surface area (TPSA) is 32.3 Å². The van der Waals surface area contributed by atoms with Gasteiger partial charge in [-0.05, 0) is 38.9 Å². The normalized spacial score (nSPS) is 17.6. The number of nitrogens with one attached hydrogen (secondary N) is 1. The van der Waals surface area contributed by atoms with Gasteiger partial charge in [0.25, 0.3) is 0 Å². The molecule has 1 fully saturated rings. The number of amides is 1. The molecule has 0 aromatic rings. The molecule has 0 unspecified atom stereocenters. The molecule has 3 nitrogen and oxygen atoms in total. The fourth-order valence-corrected chi connectivity index (χ4v) is 1.72. The first-order chi connectivity index (χ1) is 6.70. The van der Waals surface area contributed by atoms with Crippen molar-refractivity contribution in [2.75, 3.05) is 26.2 Å². The van der Waals surface area contributed by atoms with Crippen LogP contribution in [-0.4, -0.2) is 37.0 Å². The molecule has 1 N–H and O–H groups in total. The molecule has 0 bridgehead atoms. The van der Waals surface area contributed by atoms with Gasteiger partial charge in [0.2, 0.25) is 5.91 Å². The van der Waals surface area contributed by atoms with E-state index in [0.717, 1.165) is 19.5 Å². The zero-order valence-corrected chi connectivity index (χ0v) is 9.38. The van der Waals surface area contributed by atoms with Crippen LogP contribution in [0.25, 0.3) is 0 Å². The van der Waals surface area contributed by atoms with Crippen molar-refractivity contribution < 1.29 is 4.79 Å². The van der Waals surface area contributed by atoms with Gasteiger partial charge < -0.3 is 10.2 Å². The molecule has 0 atom stereocenters. The molecule has 0 radical (unpaired) electrons. The van der Waals surface area contributed by atoms with Gasteiger partial charge in [-0.25, -0.2) is 0 Å². The Morgan fingerprint density at radius 1 is 1.36 bits per heavy atom. The van der Waals surface area contributed by atoms with E-state index in [9.17, 15) is 4.79 Å². The summed E-state index contributed by atoms with van der Waals surface area (Å²) >= 11 is 0. The van der Waals surface area contributed by atoms with E-state index in [1.54, 1.807) is 0 Å². The van der Waals surface area contributed by atoms with E-state index in [1.807, 2.05) is 13.8 Å². The first kappa shape index (κ1) is 11.5. The highest BCUT2D eigenvalue weighted by molar-refractivity contribution is 5.77. The maximum atomic E-state index is 11.2. The highest BCUT2D eigenvalue weighted by Crippen LogP contribution is 2.06. The molecular formula is C11H22N2O. The monoisotopic (exact) mass is 198 g/mol.